The third kappa shape index (κ3) is 4.41. The van der Waals surface area contributed by atoms with Gasteiger partial charge in [-0.2, -0.15) is 5.10 Å². The van der Waals surface area contributed by atoms with Gasteiger partial charge in [0, 0.05) is 38.2 Å². The van der Waals surface area contributed by atoms with Crippen molar-refractivity contribution < 1.29 is 9.21 Å². The van der Waals surface area contributed by atoms with Crippen LogP contribution in [0, 0.1) is 5.92 Å². The van der Waals surface area contributed by atoms with Gasteiger partial charge in [-0.25, -0.2) is 0 Å². The van der Waals surface area contributed by atoms with Crippen LogP contribution < -0.4 is 5.32 Å². The molecule has 5 heterocycles. The van der Waals surface area contributed by atoms with Crippen LogP contribution in [-0.2, 0) is 31.4 Å². The molecule has 1 unspecified atom stereocenters. The lowest BCUT2D eigenvalue weighted by atomic mass is 9.95. The van der Waals surface area contributed by atoms with Crippen molar-refractivity contribution >= 4 is 5.91 Å². The van der Waals surface area contributed by atoms with Crippen molar-refractivity contribution in [2.24, 2.45) is 13.0 Å². The number of piperidine rings is 1. The van der Waals surface area contributed by atoms with E-state index in [0.29, 0.717) is 0 Å². The molecule has 1 saturated heterocycles. The molecule has 9 nitrogen and oxygen atoms in total. The summed E-state index contributed by atoms with van der Waals surface area (Å²) in [5.74, 6) is 3.13. The topological polar surface area (TPSA) is 94.0 Å². The number of carbonyl (C=O) groups is 1. The van der Waals surface area contributed by atoms with Gasteiger partial charge in [0.05, 0.1) is 24.6 Å². The minimum atomic E-state index is 0.0979. The second-order valence-electron chi connectivity index (χ2n) is 8.66. The Balaban J connectivity index is 1.14. The summed E-state index contributed by atoms with van der Waals surface area (Å²) in [7, 11) is 1.90. The molecule has 164 valence electrons. The van der Waals surface area contributed by atoms with E-state index in [1.165, 1.54) is 0 Å². The Hall–Kier alpha value is -2.94. The summed E-state index contributed by atoms with van der Waals surface area (Å²) >= 11 is 0. The van der Waals surface area contributed by atoms with Gasteiger partial charge in [0.15, 0.2) is 5.82 Å². The molecule has 0 aromatic carbocycles. The van der Waals surface area contributed by atoms with Gasteiger partial charge in [0.1, 0.15) is 11.6 Å². The Kier molecular flexibility index (Phi) is 5.59. The monoisotopic (exact) mass is 423 g/mol. The van der Waals surface area contributed by atoms with Crippen molar-refractivity contribution in [3.05, 3.63) is 42.4 Å². The van der Waals surface area contributed by atoms with Crippen LogP contribution in [0.5, 0.6) is 0 Å². The summed E-state index contributed by atoms with van der Waals surface area (Å²) in [6.07, 6.45) is 9.89. The molecule has 0 bridgehead atoms. The fraction of sp³-hybridized carbons (Fsp3) is 0.545. The molecule has 31 heavy (non-hydrogen) atoms. The molecule has 0 spiro atoms. The summed E-state index contributed by atoms with van der Waals surface area (Å²) in [6, 6.07) is 4.10. The average Bonchev–Trinajstić information content (AvgIpc) is 3.50. The van der Waals surface area contributed by atoms with Gasteiger partial charge >= 0.3 is 0 Å². The lowest BCUT2D eigenvalue weighted by molar-refractivity contribution is -0.127. The van der Waals surface area contributed by atoms with Gasteiger partial charge in [-0.1, -0.05) is 0 Å². The zero-order valence-corrected chi connectivity index (χ0v) is 17.9. The average molecular weight is 424 g/mol. The maximum atomic E-state index is 12.9. The molecule has 1 fully saturated rings. The smallest absolute Gasteiger partial charge is 0.223 e. The molecule has 9 heteroatoms. The highest BCUT2D eigenvalue weighted by molar-refractivity contribution is 5.79. The van der Waals surface area contributed by atoms with E-state index in [9.17, 15) is 4.79 Å². The Morgan fingerprint density at radius 1 is 1.19 bits per heavy atom. The van der Waals surface area contributed by atoms with Crippen LogP contribution in [0.25, 0.3) is 11.4 Å². The Labute approximate surface area is 181 Å². The molecule has 3 aromatic rings. The number of aryl methyl sites for hydroxylation is 2. The summed E-state index contributed by atoms with van der Waals surface area (Å²) in [5, 5.41) is 16.3. The quantitative estimate of drug-likeness (QED) is 0.675. The third-order valence-corrected chi connectivity index (χ3v) is 6.47. The molecule has 0 saturated carbocycles. The van der Waals surface area contributed by atoms with Crippen LogP contribution >= 0.6 is 0 Å². The van der Waals surface area contributed by atoms with Gasteiger partial charge in [-0.05, 0) is 50.9 Å². The van der Waals surface area contributed by atoms with E-state index in [1.54, 1.807) is 10.9 Å². The summed E-state index contributed by atoms with van der Waals surface area (Å²) in [5.41, 5.74) is 0.977. The number of nitrogens with one attached hydrogen (secondary N) is 1. The SMILES string of the molecule is Cn1cc(-c2nnc3n2CCC(NC(=O)C2CCN(Cc4ccco4)CC2)CC3)cn1. The molecule has 2 aliphatic heterocycles. The van der Waals surface area contributed by atoms with Crippen LogP contribution in [0.3, 0.4) is 0 Å². The summed E-state index contributed by atoms with van der Waals surface area (Å²) in [4.78, 5) is 15.3. The first-order chi connectivity index (χ1) is 15.2. The Bertz CT molecular complexity index is 1010. The first-order valence-electron chi connectivity index (χ1n) is 11.1. The number of hydrogen-bond donors (Lipinski definition) is 1. The number of likely N-dealkylation sites (tertiary alicyclic amines) is 1. The van der Waals surface area contributed by atoms with E-state index in [-0.39, 0.29) is 17.9 Å². The van der Waals surface area contributed by atoms with E-state index in [4.69, 9.17) is 4.42 Å². The minimum Gasteiger partial charge on any atom is -0.468 e. The molecule has 2 aliphatic rings. The molecular weight excluding hydrogens is 394 g/mol. The van der Waals surface area contributed by atoms with Crippen LogP contribution in [0.2, 0.25) is 0 Å². The number of furan rings is 1. The molecule has 3 aromatic heterocycles. The van der Waals surface area contributed by atoms with Crippen LogP contribution in [0.1, 0.15) is 37.3 Å². The Morgan fingerprint density at radius 2 is 2.06 bits per heavy atom. The normalized spacial score (nSPS) is 20.4. The maximum Gasteiger partial charge on any atom is 0.223 e. The second-order valence-corrected chi connectivity index (χ2v) is 8.66. The van der Waals surface area contributed by atoms with E-state index in [2.05, 4.69) is 30.1 Å². The molecule has 5 rings (SSSR count). The highest BCUT2D eigenvalue weighted by atomic mass is 16.3. The number of amides is 1. The first kappa shape index (κ1) is 20.0. The lowest BCUT2D eigenvalue weighted by Gasteiger charge is -2.31. The standard InChI is InChI=1S/C22H29N7O2/c1-27-14-17(13-23-27)21-26-25-20-5-4-18(8-11-29(20)21)24-22(30)16-6-9-28(10-7-16)15-19-3-2-12-31-19/h2-3,12-14,16,18H,4-11,15H2,1H3,(H,24,30). The van der Waals surface area contributed by atoms with Gasteiger partial charge in [-0.15, -0.1) is 10.2 Å². The molecule has 0 radical (unpaired) electrons. The zero-order valence-electron chi connectivity index (χ0n) is 17.9. The van der Waals surface area contributed by atoms with E-state index < -0.39 is 0 Å². The summed E-state index contributed by atoms with van der Waals surface area (Å²) in [6.45, 7) is 3.49. The van der Waals surface area contributed by atoms with Crippen molar-refractivity contribution in [1.29, 1.82) is 0 Å². The van der Waals surface area contributed by atoms with Crippen molar-refractivity contribution in [2.75, 3.05) is 13.1 Å². The zero-order chi connectivity index (χ0) is 21.2. The van der Waals surface area contributed by atoms with E-state index in [1.807, 2.05) is 31.6 Å². The first-order valence-corrected chi connectivity index (χ1v) is 11.1. The molecule has 1 N–H and O–H groups in total. The number of hydrogen-bond acceptors (Lipinski definition) is 6. The van der Waals surface area contributed by atoms with Crippen molar-refractivity contribution in [3.63, 3.8) is 0 Å². The van der Waals surface area contributed by atoms with Crippen molar-refractivity contribution in [3.8, 4) is 11.4 Å². The van der Waals surface area contributed by atoms with Crippen molar-refractivity contribution in [2.45, 2.75) is 51.2 Å². The van der Waals surface area contributed by atoms with Crippen LogP contribution in [-0.4, -0.2) is 54.5 Å². The third-order valence-electron chi connectivity index (χ3n) is 6.47. The number of fused-ring (bicyclic) bond motifs is 1. The van der Waals surface area contributed by atoms with Gasteiger partial charge < -0.3 is 14.3 Å². The van der Waals surface area contributed by atoms with Gasteiger partial charge in [-0.3, -0.25) is 14.4 Å². The fourth-order valence-electron chi connectivity index (χ4n) is 4.68. The van der Waals surface area contributed by atoms with Crippen LogP contribution in [0.4, 0.5) is 0 Å². The Morgan fingerprint density at radius 3 is 2.81 bits per heavy atom. The highest BCUT2D eigenvalue weighted by Crippen LogP contribution is 2.24. The predicted molar refractivity (Wildman–Crippen MR) is 114 cm³/mol. The van der Waals surface area contributed by atoms with E-state index in [0.717, 1.165) is 81.3 Å². The van der Waals surface area contributed by atoms with Crippen molar-refractivity contribution in [1.82, 2.24) is 34.8 Å². The van der Waals surface area contributed by atoms with E-state index >= 15 is 0 Å². The largest absolute Gasteiger partial charge is 0.468 e. The molecule has 1 atom stereocenters. The minimum absolute atomic E-state index is 0.0979. The van der Waals surface area contributed by atoms with Gasteiger partial charge in [0.2, 0.25) is 5.91 Å². The molecule has 1 amide bonds. The second kappa shape index (κ2) is 8.66. The summed E-state index contributed by atoms with van der Waals surface area (Å²) < 4.78 is 9.39. The maximum absolute atomic E-state index is 12.9. The number of carbonyl (C=O) groups excluding carboxylic acids is 1. The predicted octanol–water partition coefficient (Wildman–Crippen LogP) is 2.00. The number of rotatable bonds is 5. The van der Waals surface area contributed by atoms with Crippen LogP contribution in [0.15, 0.2) is 35.2 Å². The number of aromatic nitrogens is 5. The molecule has 0 aliphatic carbocycles. The fourth-order valence-corrected chi connectivity index (χ4v) is 4.68. The highest BCUT2D eigenvalue weighted by Gasteiger charge is 2.28. The number of nitrogens with zero attached hydrogens (tertiary/aromatic N) is 6. The van der Waals surface area contributed by atoms with Gasteiger partial charge in [0.25, 0.3) is 0 Å². The molecular formula is C22H29N7O2. The lowest BCUT2D eigenvalue weighted by Crippen LogP contribution is -2.43.